The Labute approximate surface area is 146 Å². The number of hydrogen-bond acceptors (Lipinski definition) is 5. The van der Waals surface area contributed by atoms with Crippen LogP contribution in [0.15, 0.2) is 24.5 Å². The molecule has 1 saturated heterocycles. The first kappa shape index (κ1) is 17.0. The first-order chi connectivity index (χ1) is 12.0. The van der Waals surface area contributed by atoms with Crippen LogP contribution in [-0.2, 0) is 4.74 Å². The molecule has 25 heavy (non-hydrogen) atoms. The van der Waals surface area contributed by atoms with Crippen molar-refractivity contribution >= 4 is 17.6 Å². The van der Waals surface area contributed by atoms with E-state index in [2.05, 4.69) is 20.2 Å². The van der Waals surface area contributed by atoms with Crippen LogP contribution >= 0.6 is 0 Å². The molecule has 1 aliphatic heterocycles. The van der Waals surface area contributed by atoms with Crippen LogP contribution in [0.1, 0.15) is 38.5 Å². The van der Waals surface area contributed by atoms with E-state index < -0.39 is 5.97 Å². The number of anilines is 1. The number of hydrogen-bond donors (Lipinski definition) is 2. The lowest BCUT2D eigenvalue weighted by Crippen LogP contribution is -2.37. The van der Waals surface area contributed by atoms with Crippen LogP contribution in [0.5, 0.6) is 0 Å². The first-order valence-electron chi connectivity index (χ1n) is 8.24. The number of methoxy groups -OCH3 is 1. The standard InChI is InChI=1S/C18H22N4O3/c1-11-15(18(24)25-3)12(2)20-16(11)17(23)21-13-6-8-22(10-13)14-5-4-7-19-9-14/h4-5,7,9,13,20H,6,8,10H2,1-3H3,(H,21,23). The fourth-order valence-corrected chi connectivity index (χ4v) is 3.30. The lowest BCUT2D eigenvalue weighted by Gasteiger charge is -2.18. The molecule has 0 aliphatic carbocycles. The maximum atomic E-state index is 12.6. The summed E-state index contributed by atoms with van der Waals surface area (Å²) in [6, 6.07) is 3.97. The minimum absolute atomic E-state index is 0.0530. The fourth-order valence-electron chi connectivity index (χ4n) is 3.30. The van der Waals surface area contributed by atoms with Crippen molar-refractivity contribution < 1.29 is 14.3 Å². The average molecular weight is 342 g/mol. The number of pyridine rings is 1. The molecule has 3 heterocycles. The molecule has 0 saturated carbocycles. The Bertz CT molecular complexity index is 785. The molecule has 7 nitrogen and oxygen atoms in total. The van der Waals surface area contributed by atoms with Gasteiger partial charge < -0.3 is 19.9 Å². The van der Waals surface area contributed by atoms with Gasteiger partial charge >= 0.3 is 5.97 Å². The minimum atomic E-state index is -0.436. The van der Waals surface area contributed by atoms with Gasteiger partial charge in [-0.2, -0.15) is 0 Å². The third kappa shape index (κ3) is 3.35. The predicted octanol–water partition coefficient (Wildman–Crippen LogP) is 1.82. The summed E-state index contributed by atoms with van der Waals surface area (Å²) in [5.74, 6) is -0.636. The quantitative estimate of drug-likeness (QED) is 0.828. The van der Waals surface area contributed by atoms with E-state index in [9.17, 15) is 9.59 Å². The third-order valence-electron chi connectivity index (χ3n) is 4.59. The zero-order valence-electron chi connectivity index (χ0n) is 14.6. The molecule has 0 aromatic carbocycles. The molecule has 2 N–H and O–H groups in total. The zero-order chi connectivity index (χ0) is 18.0. The van der Waals surface area contributed by atoms with Crippen LogP contribution in [0.3, 0.4) is 0 Å². The lowest BCUT2D eigenvalue weighted by molar-refractivity contribution is 0.0599. The van der Waals surface area contributed by atoms with Crippen molar-refractivity contribution in [1.82, 2.24) is 15.3 Å². The first-order valence-corrected chi connectivity index (χ1v) is 8.24. The van der Waals surface area contributed by atoms with Crippen molar-refractivity contribution in [3.05, 3.63) is 47.0 Å². The highest BCUT2D eigenvalue weighted by Gasteiger charge is 2.27. The van der Waals surface area contributed by atoms with Crippen molar-refractivity contribution in [3.8, 4) is 0 Å². The van der Waals surface area contributed by atoms with E-state index in [-0.39, 0.29) is 11.9 Å². The van der Waals surface area contributed by atoms with Crippen molar-refractivity contribution in [2.24, 2.45) is 0 Å². The van der Waals surface area contributed by atoms with Gasteiger partial charge in [0, 0.05) is 31.0 Å². The Morgan fingerprint density at radius 3 is 2.88 bits per heavy atom. The van der Waals surface area contributed by atoms with Gasteiger partial charge in [0.05, 0.1) is 24.6 Å². The molecule has 0 radical (unpaired) electrons. The number of aryl methyl sites for hydroxylation is 1. The highest BCUT2D eigenvalue weighted by molar-refractivity contribution is 6.00. The van der Waals surface area contributed by atoms with Gasteiger partial charge in [-0.05, 0) is 38.0 Å². The highest BCUT2D eigenvalue weighted by Crippen LogP contribution is 2.21. The Balaban J connectivity index is 1.69. The van der Waals surface area contributed by atoms with Crippen LogP contribution in [0.25, 0.3) is 0 Å². The molecule has 7 heteroatoms. The van der Waals surface area contributed by atoms with E-state index in [4.69, 9.17) is 4.74 Å². The van der Waals surface area contributed by atoms with Gasteiger partial charge in [0.25, 0.3) is 5.91 Å². The number of esters is 1. The smallest absolute Gasteiger partial charge is 0.339 e. The molecule has 1 atom stereocenters. The molecule has 132 valence electrons. The molecule has 2 aromatic heterocycles. The number of aromatic amines is 1. The van der Waals surface area contributed by atoms with Gasteiger partial charge in [0.1, 0.15) is 5.69 Å². The fraction of sp³-hybridized carbons (Fsp3) is 0.389. The maximum Gasteiger partial charge on any atom is 0.339 e. The molecule has 1 aliphatic rings. The van der Waals surface area contributed by atoms with E-state index >= 15 is 0 Å². The monoisotopic (exact) mass is 342 g/mol. The van der Waals surface area contributed by atoms with Gasteiger partial charge in [0.15, 0.2) is 0 Å². The highest BCUT2D eigenvalue weighted by atomic mass is 16.5. The molecule has 0 bridgehead atoms. The zero-order valence-corrected chi connectivity index (χ0v) is 14.6. The van der Waals surface area contributed by atoms with Crippen LogP contribution in [-0.4, -0.2) is 48.1 Å². The average Bonchev–Trinajstić information content (AvgIpc) is 3.19. The normalized spacial score (nSPS) is 16.8. The molecular formula is C18H22N4O3. The molecule has 1 fully saturated rings. The Morgan fingerprint density at radius 2 is 2.20 bits per heavy atom. The van der Waals surface area contributed by atoms with E-state index in [1.807, 2.05) is 18.3 Å². The summed E-state index contributed by atoms with van der Waals surface area (Å²) in [6.45, 7) is 5.11. The number of H-pyrrole nitrogens is 1. The summed E-state index contributed by atoms with van der Waals surface area (Å²) in [6.07, 6.45) is 4.43. The van der Waals surface area contributed by atoms with Gasteiger partial charge in [-0.15, -0.1) is 0 Å². The largest absolute Gasteiger partial charge is 0.465 e. The molecule has 1 unspecified atom stereocenters. The number of rotatable bonds is 4. The van der Waals surface area contributed by atoms with Crippen LogP contribution in [0.2, 0.25) is 0 Å². The second-order valence-electron chi connectivity index (χ2n) is 6.23. The van der Waals surface area contributed by atoms with Gasteiger partial charge in [0.2, 0.25) is 0 Å². The van der Waals surface area contributed by atoms with E-state index in [0.717, 1.165) is 25.2 Å². The summed E-state index contributed by atoms with van der Waals surface area (Å²) in [5.41, 5.74) is 3.15. The second-order valence-corrected chi connectivity index (χ2v) is 6.23. The SMILES string of the molecule is COC(=O)c1c(C)[nH]c(C(=O)NC2CCN(c3cccnc3)C2)c1C. The molecule has 2 aromatic rings. The number of nitrogens with zero attached hydrogens (tertiary/aromatic N) is 2. The number of ether oxygens (including phenoxy) is 1. The van der Waals surface area contributed by atoms with Crippen LogP contribution in [0.4, 0.5) is 5.69 Å². The Hall–Kier alpha value is -2.83. The second kappa shape index (κ2) is 6.96. The van der Waals surface area contributed by atoms with E-state index in [0.29, 0.717) is 22.5 Å². The summed E-state index contributed by atoms with van der Waals surface area (Å²) in [5, 5.41) is 3.05. The number of amides is 1. The molecular weight excluding hydrogens is 320 g/mol. The number of aromatic nitrogens is 2. The van der Waals surface area contributed by atoms with Gasteiger partial charge in [-0.25, -0.2) is 4.79 Å². The summed E-state index contributed by atoms with van der Waals surface area (Å²) < 4.78 is 4.78. The van der Waals surface area contributed by atoms with Gasteiger partial charge in [-0.1, -0.05) is 0 Å². The molecule has 0 spiro atoms. The Morgan fingerprint density at radius 1 is 1.40 bits per heavy atom. The lowest BCUT2D eigenvalue weighted by atomic mass is 10.1. The van der Waals surface area contributed by atoms with Gasteiger partial charge in [-0.3, -0.25) is 9.78 Å². The van der Waals surface area contributed by atoms with E-state index in [1.54, 1.807) is 20.0 Å². The summed E-state index contributed by atoms with van der Waals surface area (Å²) in [7, 11) is 1.33. The van der Waals surface area contributed by atoms with Crippen molar-refractivity contribution in [1.29, 1.82) is 0 Å². The molecule has 1 amide bonds. The van der Waals surface area contributed by atoms with Crippen LogP contribution in [0, 0.1) is 13.8 Å². The topological polar surface area (TPSA) is 87.3 Å². The third-order valence-corrected chi connectivity index (χ3v) is 4.59. The maximum absolute atomic E-state index is 12.6. The minimum Gasteiger partial charge on any atom is -0.465 e. The van der Waals surface area contributed by atoms with Crippen molar-refractivity contribution in [2.45, 2.75) is 26.3 Å². The van der Waals surface area contributed by atoms with Crippen molar-refractivity contribution in [2.75, 3.05) is 25.1 Å². The van der Waals surface area contributed by atoms with E-state index in [1.165, 1.54) is 7.11 Å². The predicted molar refractivity (Wildman–Crippen MR) is 93.9 cm³/mol. The Kier molecular flexibility index (Phi) is 4.74. The van der Waals surface area contributed by atoms with Crippen molar-refractivity contribution in [3.63, 3.8) is 0 Å². The molecule has 3 rings (SSSR count). The summed E-state index contributed by atoms with van der Waals surface area (Å²) in [4.78, 5) is 33.8. The number of nitrogens with one attached hydrogen (secondary N) is 2. The van der Waals surface area contributed by atoms with Crippen LogP contribution < -0.4 is 10.2 Å². The summed E-state index contributed by atoms with van der Waals surface area (Å²) >= 11 is 0. The number of carbonyl (C=O) groups is 2. The number of carbonyl (C=O) groups excluding carboxylic acids is 2.